The molecule has 0 aliphatic carbocycles. The molecule has 3 aromatic carbocycles. The van der Waals surface area contributed by atoms with Crippen LogP contribution in [0.1, 0.15) is 29.7 Å². The van der Waals surface area contributed by atoms with Crippen molar-refractivity contribution in [3.63, 3.8) is 0 Å². The van der Waals surface area contributed by atoms with E-state index in [1.54, 1.807) is 31.2 Å². The van der Waals surface area contributed by atoms with Crippen LogP contribution in [0.3, 0.4) is 0 Å². The Bertz CT molecular complexity index is 1280. The number of benzene rings is 3. The molecule has 1 atom stereocenters. The molecule has 0 spiro atoms. The number of halogens is 1. The molecule has 1 N–H and O–H groups in total. The van der Waals surface area contributed by atoms with E-state index in [4.69, 9.17) is 16.3 Å². The maximum absolute atomic E-state index is 13.2. The molecule has 0 bridgehead atoms. The number of para-hydroxylation sites is 1. The third-order valence-electron chi connectivity index (χ3n) is 5.69. The maximum Gasteiger partial charge on any atom is 0.264 e. The molecule has 0 fully saturated rings. The monoisotopic (exact) mass is 484 g/mol. The predicted molar refractivity (Wildman–Crippen MR) is 129 cm³/mol. The zero-order valence-corrected chi connectivity index (χ0v) is 20.0. The second kappa shape index (κ2) is 9.45. The van der Waals surface area contributed by atoms with Crippen molar-refractivity contribution in [1.29, 1.82) is 0 Å². The van der Waals surface area contributed by atoms with Gasteiger partial charge < -0.3 is 10.1 Å². The molecule has 0 aromatic heterocycles. The lowest BCUT2D eigenvalue weighted by Gasteiger charge is -2.20. The number of fused-ring (bicyclic) bond motifs is 1. The molecule has 1 heterocycles. The van der Waals surface area contributed by atoms with Crippen LogP contribution in [0.15, 0.2) is 71.6 Å². The van der Waals surface area contributed by atoms with Gasteiger partial charge in [0.15, 0.2) is 6.61 Å². The summed E-state index contributed by atoms with van der Waals surface area (Å²) in [5.74, 6) is 0.187. The van der Waals surface area contributed by atoms with Gasteiger partial charge in [0, 0.05) is 11.6 Å². The second-order valence-electron chi connectivity index (χ2n) is 8.01. The van der Waals surface area contributed by atoms with Crippen molar-refractivity contribution in [3.8, 4) is 5.75 Å². The van der Waals surface area contributed by atoms with Crippen LogP contribution >= 0.6 is 11.6 Å². The number of nitrogens with zero attached hydrogens (tertiary/aromatic N) is 1. The van der Waals surface area contributed by atoms with E-state index in [2.05, 4.69) is 5.32 Å². The summed E-state index contributed by atoms with van der Waals surface area (Å²) in [6.07, 6.45) is 0.694. The van der Waals surface area contributed by atoms with Gasteiger partial charge in [-0.2, -0.15) is 0 Å². The summed E-state index contributed by atoms with van der Waals surface area (Å²) in [6.45, 7) is 3.89. The Hall–Kier alpha value is -3.03. The molecule has 0 unspecified atom stereocenters. The predicted octanol–water partition coefficient (Wildman–Crippen LogP) is 4.66. The number of sulfonamides is 1. The summed E-state index contributed by atoms with van der Waals surface area (Å²) in [7, 11) is -3.68. The summed E-state index contributed by atoms with van der Waals surface area (Å²) >= 11 is 5.91. The fourth-order valence-corrected chi connectivity index (χ4v) is 5.61. The number of hydrogen-bond acceptors (Lipinski definition) is 4. The van der Waals surface area contributed by atoms with E-state index in [0.29, 0.717) is 29.3 Å². The van der Waals surface area contributed by atoms with Gasteiger partial charge in [0.2, 0.25) is 0 Å². The molecular formula is C25H25ClN2O4S. The van der Waals surface area contributed by atoms with E-state index in [1.165, 1.54) is 10.4 Å². The lowest BCUT2D eigenvalue weighted by Crippen LogP contribution is -2.31. The molecule has 0 radical (unpaired) electrons. The summed E-state index contributed by atoms with van der Waals surface area (Å²) in [4.78, 5) is 12.5. The molecule has 1 aliphatic rings. The first-order valence-electron chi connectivity index (χ1n) is 10.6. The van der Waals surface area contributed by atoms with Crippen molar-refractivity contribution in [3.05, 3.63) is 88.4 Å². The Morgan fingerprint density at radius 2 is 1.85 bits per heavy atom. The number of amides is 1. The van der Waals surface area contributed by atoms with Gasteiger partial charge in [0.05, 0.1) is 16.6 Å². The highest BCUT2D eigenvalue weighted by molar-refractivity contribution is 7.92. The smallest absolute Gasteiger partial charge is 0.264 e. The number of anilines is 1. The fraction of sp³-hybridized carbons (Fsp3) is 0.240. The minimum absolute atomic E-state index is 0.176. The van der Waals surface area contributed by atoms with Crippen LogP contribution < -0.4 is 14.4 Å². The third kappa shape index (κ3) is 4.99. The van der Waals surface area contributed by atoms with E-state index in [9.17, 15) is 13.2 Å². The van der Waals surface area contributed by atoms with Crippen molar-refractivity contribution in [2.24, 2.45) is 0 Å². The van der Waals surface area contributed by atoms with Gasteiger partial charge >= 0.3 is 0 Å². The number of carbonyl (C=O) groups is 1. The second-order valence-corrected chi connectivity index (χ2v) is 10.3. The topological polar surface area (TPSA) is 75.7 Å². The number of aryl methyl sites for hydroxylation is 1. The highest BCUT2D eigenvalue weighted by Gasteiger charge is 2.30. The normalized spacial score (nSPS) is 14.0. The Balaban J connectivity index is 1.41. The summed E-state index contributed by atoms with van der Waals surface area (Å²) < 4.78 is 33.5. The Kier molecular flexibility index (Phi) is 6.63. The Labute approximate surface area is 199 Å². The van der Waals surface area contributed by atoms with Crippen molar-refractivity contribution in [1.82, 2.24) is 5.32 Å². The summed E-state index contributed by atoms with van der Waals surface area (Å²) in [6, 6.07) is 19.3. The molecule has 1 aliphatic heterocycles. The van der Waals surface area contributed by atoms with E-state index < -0.39 is 10.0 Å². The van der Waals surface area contributed by atoms with Crippen LogP contribution in [-0.4, -0.2) is 27.5 Å². The number of rotatable bonds is 7. The average molecular weight is 485 g/mol. The zero-order valence-electron chi connectivity index (χ0n) is 18.4. The lowest BCUT2D eigenvalue weighted by atomic mass is 10.1. The van der Waals surface area contributed by atoms with Crippen LogP contribution in [0.2, 0.25) is 5.02 Å². The van der Waals surface area contributed by atoms with Crippen LogP contribution in [0.5, 0.6) is 5.75 Å². The first-order valence-corrected chi connectivity index (χ1v) is 12.5. The molecule has 8 heteroatoms. The SMILES string of the molecule is Cc1cc(S(=O)(=O)N2CCc3ccccc32)ccc1OCC(=O)N[C@H](C)c1ccc(Cl)cc1. The van der Waals surface area contributed by atoms with E-state index in [-0.39, 0.29) is 23.5 Å². The number of ether oxygens (including phenoxy) is 1. The highest BCUT2D eigenvalue weighted by atomic mass is 35.5. The van der Waals surface area contributed by atoms with Gasteiger partial charge in [-0.15, -0.1) is 0 Å². The largest absolute Gasteiger partial charge is 0.484 e. The van der Waals surface area contributed by atoms with Gasteiger partial charge in [0.1, 0.15) is 5.75 Å². The summed E-state index contributed by atoms with van der Waals surface area (Å²) in [5, 5.41) is 3.51. The standard InChI is InChI=1S/C25H25ClN2O4S/c1-17-15-22(33(30,31)28-14-13-20-5-3-4-6-23(20)28)11-12-24(17)32-16-25(29)27-18(2)19-7-9-21(26)10-8-19/h3-12,15,18H,13-14,16H2,1-2H3,(H,27,29)/t18-/m1/s1. The van der Waals surface area contributed by atoms with Crippen molar-refractivity contribution in [2.45, 2.75) is 31.2 Å². The third-order valence-corrected chi connectivity index (χ3v) is 7.75. The first-order chi connectivity index (χ1) is 15.8. The van der Waals surface area contributed by atoms with Gasteiger partial charge in [-0.1, -0.05) is 41.9 Å². The van der Waals surface area contributed by atoms with E-state index in [0.717, 1.165) is 16.8 Å². The molecule has 0 saturated carbocycles. The van der Waals surface area contributed by atoms with Crippen molar-refractivity contribution < 1.29 is 17.9 Å². The van der Waals surface area contributed by atoms with Crippen molar-refractivity contribution in [2.75, 3.05) is 17.5 Å². The molecule has 0 saturated heterocycles. The van der Waals surface area contributed by atoms with Gasteiger partial charge in [-0.3, -0.25) is 9.10 Å². The molecule has 3 aromatic rings. The zero-order chi connectivity index (χ0) is 23.6. The minimum Gasteiger partial charge on any atom is -0.484 e. The molecule has 6 nitrogen and oxygen atoms in total. The Morgan fingerprint density at radius 1 is 1.12 bits per heavy atom. The van der Waals surface area contributed by atoms with Gasteiger partial charge in [-0.25, -0.2) is 8.42 Å². The van der Waals surface area contributed by atoms with E-state index >= 15 is 0 Å². The van der Waals surface area contributed by atoms with Crippen LogP contribution in [-0.2, 0) is 21.2 Å². The first kappa shape index (κ1) is 23.1. The lowest BCUT2D eigenvalue weighted by molar-refractivity contribution is -0.123. The van der Waals surface area contributed by atoms with E-state index in [1.807, 2.05) is 43.3 Å². The summed E-state index contributed by atoms with van der Waals surface area (Å²) in [5.41, 5.74) is 3.32. The van der Waals surface area contributed by atoms with Crippen molar-refractivity contribution >= 4 is 33.2 Å². The minimum atomic E-state index is -3.68. The number of hydrogen-bond donors (Lipinski definition) is 1. The molecule has 1 amide bonds. The van der Waals surface area contributed by atoms with Crippen LogP contribution in [0.4, 0.5) is 5.69 Å². The van der Waals surface area contributed by atoms with Crippen LogP contribution in [0, 0.1) is 6.92 Å². The molecular weight excluding hydrogens is 460 g/mol. The number of carbonyl (C=O) groups excluding carboxylic acids is 1. The van der Waals surface area contributed by atoms with Crippen LogP contribution in [0.25, 0.3) is 0 Å². The molecule has 172 valence electrons. The maximum atomic E-state index is 13.2. The quantitative estimate of drug-likeness (QED) is 0.529. The van der Waals surface area contributed by atoms with Gasteiger partial charge in [0.25, 0.3) is 15.9 Å². The fourth-order valence-electron chi connectivity index (χ4n) is 3.89. The Morgan fingerprint density at radius 3 is 2.58 bits per heavy atom. The molecule has 4 rings (SSSR count). The molecule has 33 heavy (non-hydrogen) atoms. The van der Waals surface area contributed by atoms with Gasteiger partial charge in [-0.05, 0) is 73.4 Å². The average Bonchev–Trinajstić information content (AvgIpc) is 3.23. The number of nitrogens with one attached hydrogen (secondary N) is 1. The highest BCUT2D eigenvalue weighted by Crippen LogP contribution is 2.33.